The molecule has 4 aliphatic heterocycles. The van der Waals surface area contributed by atoms with Crippen molar-refractivity contribution in [2.75, 3.05) is 52.3 Å². The number of anilines is 2. The number of alkyl carbamates (subject to hydrolysis) is 1. The largest absolute Gasteiger partial charge is 0.534 e. The molecule has 0 aliphatic carbocycles. The molecule has 2 spiro atoms. The minimum atomic E-state index is -6.12. The van der Waals surface area contributed by atoms with E-state index in [9.17, 15) is 112 Å². The van der Waals surface area contributed by atoms with Gasteiger partial charge < -0.3 is 61.1 Å². The molecule has 0 radical (unpaired) electrons. The van der Waals surface area contributed by atoms with Gasteiger partial charge in [0.25, 0.3) is 17.1 Å². The van der Waals surface area contributed by atoms with Crippen molar-refractivity contribution in [1.29, 1.82) is 0 Å². The molecule has 9 aromatic rings. The second-order valence-electron chi connectivity index (χ2n) is 30.0. The summed E-state index contributed by atoms with van der Waals surface area (Å²) in [6.07, 6.45) is -2.07. The molecule has 0 unspecified atom stereocenters. The summed E-state index contributed by atoms with van der Waals surface area (Å²) in [6.45, 7) is 10.2. The number of amides is 3. The molecule has 40 nitrogen and oxygen atoms in total. The molecule has 133 heavy (non-hydrogen) atoms. The van der Waals surface area contributed by atoms with Gasteiger partial charge in [0.1, 0.15) is 54.3 Å². The first-order valence-corrected chi connectivity index (χ1v) is 40.4. The molecule has 3 amide bonds. The van der Waals surface area contributed by atoms with Crippen LogP contribution in [0.2, 0.25) is 0 Å². The van der Waals surface area contributed by atoms with E-state index in [-0.39, 0.29) is 120 Å². The lowest BCUT2D eigenvalue weighted by Gasteiger charge is -2.37. The predicted molar refractivity (Wildman–Crippen MR) is 438 cm³/mol. The maximum Gasteiger partial charge on any atom is 0.534 e. The van der Waals surface area contributed by atoms with Gasteiger partial charge in [-0.2, -0.15) is 62.4 Å². The Morgan fingerprint density at radius 1 is 0.429 bits per heavy atom. The first-order chi connectivity index (χ1) is 62.2. The lowest BCUT2D eigenvalue weighted by Crippen LogP contribution is -2.34. The lowest BCUT2D eigenvalue weighted by atomic mass is 9.75. The zero-order chi connectivity index (χ0) is 98.9. The standard InChI is InChI=1S/C46H40N4O15.C26H18F6O9S2.C11H12N2O6.2CO2/c1-45(2,3)29-10-13-32-35(20-29)46(65-42(32)53)33-14-11-30(47(4)43(54)62-23-27-18-25(40(51)60-6)8-16-36(27)49(56)57)21-38(33)64-39-22-31(12-15-34(39)46)48(5)44(55)63-24-28-19-26(41(52)61-7)9-17-37(28)50(58)59;1-23(2,3)13-4-7-16-19(10-13)24(39-22(16)33)17-8-5-14(40-42(34,35)25(27,28)29)11-20(17)38-21-12-15(6-9-18(21)24)41-43(36,37)26(30,31)32;1-12-11(15)19-6-8-5-7(10(14)18-2)3-4-9(8)13(16)17;2*2-1-3/h8-22H,23-24H2,1-7H3;4-12H,1-3H3;3-5H,6H2,1-2H3,(H,12,15);;. The third-order valence-corrected chi connectivity index (χ3v) is 21.9. The average Bonchev–Trinajstić information content (AvgIpc) is 1.57. The van der Waals surface area contributed by atoms with Crippen LogP contribution in [0.5, 0.6) is 34.5 Å². The molecule has 0 fully saturated rings. The summed E-state index contributed by atoms with van der Waals surface area (Å²) in [5.41, 5.74) is -12.7. The molecule has 4 aliphatic rings. The molecule has 0 aromatic heterocycles. The highest BCUT2D eigenvalue weighted by Crippen LogP contribution is 2.60. The Morgan fingerprint density at radius 3 is 1.00 bits per heavy atom. The number of rotatable bonds is 18. The van der Waals surface area contributed by atoms with E-state index in [1.54, 1.807) is 42.5 Å². The van der Waals surface area contributed by atoms with Crippen LogP contribution in [0.4, 0.5) is 69.2 Å². The summed E-state index contributed by atoms with van der Waals surface area (Å²) in [5.74, 6) is -5.82. The summed E-state index contributed by atoms with van der Waals surface area (Å²) in [6, 6.07) is 35.9. The number of fused-ring (bicyclic) bond motifs is 12. The van der Waals surface area contributed by atoms with E-state index in [0.717, 1.165) is 84.2 Å². The minimum Gasteiger partial charge on any atom is -0.465 e. The summed E-state index contributed by atoms with van der Waals surface area (Å²) in [7, 11) is -4.57. The second kappa shape index (κ2) is 39.4. The molecule has 13 rings (SSSR count). The van der Waals surface area contributed by atoms with Crippen LogP contribution in [0.25, 0.3) is 0 Å². The van der Waals surface area contributed by atoms with Gasteiger partial charge in [-0.3, -0.25) is 40.1 Å². The van der Waals surface area contributed by atoms with E-state index in [1.165, 1.54) is 82.9 Å². The fraction of sp³-hybridized carbons (Fsp3) is 0.247. The van der Waals surface area contributed by atoms with Crippen LogP contribution >= 0.6 is 0 Å². The van der Waals surface area contributed by atoms with E-state index < -0.39 is 147 Å². The highest BCUT2D eigenvalue weighted by Gasteiger charge is 2.57. The fourth-order valence-electron chi connectivity index (χ4n) is 13.5. The van der Waals surface area contributed by atoms with E-state index in [0.29, 0.717) is 27.8 Å². The van der Waals surface area contributed by atoms with Crippen LogP contribution in [0.3, 0.4) is 0 Å². The van der Waals surface area contributed by atoms with E-state index in [1.807, 2.05) is 53.7 Å². The smallest absolute Gasteiger partial charge is 0.465 e. The van der Waals surface area contributed by atoms with Crippen molar-refractivity contribution in [1.82, 2.24) is 5.32 Å². The van der Waals surface area contributed by atoms with Crippen LogP contribution in [0.15, 0.2) is 164 Å². The maximum atomic E-state index is 13.8. The van der Waals surface area contributed by atoms with Crippen LogP contribution < -0.4 is 33.0 Å². The molecule has 4 heterocycles. The van der Waals surface area contributed by atoms with E-state index in [4.69, 9.17) is 61.8 Å². The number of halogens is 6. The number of nitro groups is 3. The van der Waals surface area contributed by atoms with Gasteiger partial charge in [0.05, 0.1) is 92.0 Å². The topological polar surface area (TPSA) is 532 Å². The number of nitro benzene ring substituents is 3. The molecule has 1 N–H and O–H groups in total. The van der Waals surface area contributed by atoms with Crippen molar-refractivity contribution < 1.29 is 171 Å². The monoisotopic (exact) mass is 1900 g/mol. The molecule has 0 saturated carbocycles. The summed E-state index contributed by atoms with van der Waals surface area (Å²) in [5, 5.41) is 36.5. The number of nitrogens with one attached hydrogen (secondary N) is 1. The van der Waals surface area contributed by atoms with Gasteiger partial charge in [0.2, 0.25) is 0 Å². The van der Waals surface area contributed by atoms with Crippen LogP contribution in [0.1, 0.15) is 155 Å². The first-order valence-electron chi connectivity index (χ1n) is 37.6. The number of methoxy groups -OCH3 is 3. The molecule has 0 bridgehead atoms. The van der Waals surface area contributed by atoms with Crippen LogP contribution in [0, 0.1) is 30.3 Å². The Labute approximate surface area is 746 Å². The van der Waals surface area contributed by atoms with E-state index in [2.05, 4.69) is 18.4 Å². The molecule has 0 saturated heterocycles. The third kappa shape index (κ3) is 21.2. The Bertz CT molecular complexity index is 6300. The zero-order valence-corrected chi connectivity index (χ0v) is 72.5. The molecule has 698 valence electrons. The number of nitrogens with zero attached hydrogens (tertiary/aromatic N) is 5. The van der Waals surface area contributed by atoms with Gasteiger partial charge in [-0.15, -0.1) is 0 Å². The molecule has 0 atom stereocenters. The van der Waals surface area contributed by atoms with Crippen molar-refractivity contribution in [3.8, 4) is 34.5 Å². The number of alkyl halides is 6. The first kappa shape index (κ1) is 101. The molecular weight excluding hydrogens is 1830 g/mol. The molecular formula is C85H70F6N6O34S2. The Morgan fingerprint density at radius 2 is 0.722 bits per heavy atom. The predicted octanol–water partition coefficient (Wildman–Crippen LogP) is 14.6. The number of hydrogen-bond donors (Lipinski definition) is 1. The zero-order valence-electron chi connectivity index (χ0n) is 70.9. The quantitative estimate of drug-likeness (QED) is 0.0158. The van der Waals surface area contributed by atoms with Gasteiger partial charge in [0, 0.05) is 97.0 Å². The van der Waals surface area contributed by atoms with Crippen molar-refractivity contribution in [3.05, 3.63) is 283 Å². The Hall–Kier alpha value is -16.2. The van der Waals surface area contributed by atoms with Gasteiger partial charge >= 0.3 is 91.7 Å². The third-order valence-electron chi connectivity index (χ3n) is 19.9. The van der Waals surface area contributed by atoms with Crippen LogP contribution in [-0.4, -0.2) is 146 Å². The van der Waals surface area contributed by atoms with Crippen molar-refractivity contribution in [2.24, 2.45) is 0 Å². The highest BCUT2D eigenvalue weighted by molar-refractivity contribution is 7.88. The average molecular weight is 1900 g/mol. The number of benzene rings is 9. The minimum absolute atomic E-state index is 0.00787. The number of carbonyl (C=O) groups excluding carboxylic acids is 12. The molecule has 48 heteroatoms. The SMILES string of the molecule is CC(C)(C)c1ccc2c(c1)C1(OC2=O)c2ccc(OS(=O)(=O)C(F)(F)F)cc2Oc2cc(OS(=O)(=O)C(F)(F)F)ccc21.CNC(=O)OCc1cc(C(=O)OC)ccc1[N+](=O)[O-].COC(=O)c1ccc([N+](=O)[O-])c(COC(=O)N(C)c2ccc3c(c2)Oc2cc(N(C)C(=O)OCc4cc(C(=O)OC)ccc4[N+](=O)[O-])ccc2C32OC(=O)c3ccc(C(C)(C)C)cc32)c1.O=C=O.O=C=O. The van der Waals surface area contributed by atoms with Crippen molar-refractivity contribution in [2.45, 2.75) is 94.4 Å². The summed E-state index contributed by atoms with van der Waals surface area (Å²) < 4.78 is 187. The number of esters is 5. The summed E-state index contributed by atoms with van der Waals surface area (Å²) in [4.78, 5) is 168. The van der Waals surface area contributed by atoms with Gasteiger partial charge in [-0.25, -0.2) is 38.4 Å². The van der Waals surface area contributed by atoms with Crippen LogP contribution in [-0.2, 0) is 119 Å². The highest BCUT2D eigenvalue weighted by atomic mass is 32.2. The lowest BCUT2D eigenvalue weighted by molar-refractivity contribution is -0.386. The second-order valence-corrected chi connectivity index (χ2v) is 33.1. The Kier molecular flexibility index (Phi) is 29.8. The number of carbonyl (C=O) groups is 8. The summed E-state index contributed by atoms with van der Waals surface area (Å²) >= 11 is 0. The van der Waals surface area contributed by atoms with Crippen molar-refractivity contribution >= 4 is 109 Å². The maximum absolute atomic E-state index is 13.8. The Balaban J connectivity index is 0.000000249. The number of ether oxygens (including phenoxy) is 10. The van der Waals surface area contributed by atoms with E-state index >= 15 is 0 Å². The van der Waals surface area contributed by atoms with Gasteiger partial charge in [-0.05, 0) is 131 Å². The normalized spacial score (nSPS) is 13.0. The van der Waals surface area contributed by atoms with Crippen molar-refractivity contribution in [3.63, 3.8) is 0 Å². The van der Waals surface area contributed by atoms with Gasteiger partial charge in [0.15, 0.2) is 11.2 Å². The molecule has 9 aromatic carbocycles. The fourth-order valence-corrected chi connectivity index (χ4v) is 14.4. The number of hydrogen-bond acceptors (Lipinski definition) is 34. The van der Waals surface area contributed by atoms with Gasteiger partial charge in [-0.1, -0.05) is 53.7 Å².